The van der Waals surface area contributed by atoms with Gasteiger partial charge in [-0.3, -0.25) is 55.4 Å². The van der Waals surface area contributed by atoms with Gasteiger partial charge in [0.25, 0.3) is 0 Å². The molecule has 696 valence electrons. The van der Waals surface area contributed by atoms with Crippen LogP contribution in [0.1, 0.15) is 123 Å². The number of esters is 6. The Hall–Kier alpha value is -15.7. The molecular weight excluding hydrogens is 1730 g/mol. The molecule has 32 heteroatoms. The predicted octanol–water partition coefficient (Wildman–Crippen LogP) is 16.2. The van der Waals surface area contributed by atoms with E-state index in [9.17, 15) is 67.4 Å². The Kier molecular flexibility index (Phi) is 38.6. The molecule has 1 heterocycles. The minimum absolute atomic E-state index is 0.00207. The van der Waals surface area contributed by atoms with Crippen LogP contribution in [0.4, 0.5) is 58.1 Å². The number of carboxylic acids is 1. The highest BCUT2D eigenvalue weighted by Gasteiger charge is 2.40. The molecule has 10 aromatic carbocycles. The highest BCUT2D eigenvalue weighted by Crippen LogP contribution is 2.26. The third-order valence-electron chi connectivity index (χ3n) is 20.2. The Morgan fingerprint density at radius 3 is 1.05 bits per heavy atom. The van der Waals surface area contributed by atoms with E-state index in [1.807, 2.05) is 121 Å². The summed E-state index contributed by atoms with van der Waals surface area (Å²) in [5.74, 6) is -4.57. The number of carbonyl (C=O) groups is 12. The summed E-state index contributed by atoms with van der Waals surface area (Å²) in [6, 6.07) is 72.0. The van der Waals surface area contributed by atoms with Crippen molar-refractivity contribution >= 4 is 112 Å². The van der Waals surface area contributed by atoms with Gasteiger partial charge in [-0.15, -0.1) is 0 Å². The number of carbonyl (C=O) groups excluding carboxylic acids is 12. The van der Waals surface area contributed by atoms with Crippen LogP contribution in [0.5, 0.6) is 0 Å². The number of hydrogen-bond donors (Lipinski definition) is 6. The summed E-state index contributed by atoms with van der Waals surface area (Å²) in [6.45, 7) is 0.996. The number of ether oxygens (including phenoxy) is 12. The Morgan fingerprint density at radius 1 is 0.343 bits per heavy atom. The van der Waals surface area contributed by atoms with Crippen LogP contribution in [-0.4, -0.2) is 168 Å². The van der Waals surface area contributed by atoms with Crippen LogP contribution in [0.3, 0.4) is 0 Å². The number of epoxide rings is 1. The van der Waals surface area contributed by atoms with Gasteiger partial charge in [0.15, 0.2) is 0 Å². The minimum Gasteiger partial charge on any atom is -0.478 e. The van der Waals surface area contributed by atoms with Crippen molar-refractivity contribution in [3.63, 3.8) is 0 Å². The van der Waals surface area contributed by atoms with Gasteiger partial charge < -0.3 is 61.9 Å². The average molecular weight is 1830 g/mol. The quantitative estimate of drug-likeness (QED) is 0.00392. The van der Waals surface area contributed by atoms with Crippen molar-refractivity contribution in [1.82, 2.24) is 0 Å². The molecule has 0 spiro atoms. The van der Waals surface area contributed by atoms with E-state index in [4.69, 9.17) is 56.8 Å². The van der Waals surface area contributed by atoms with Crippen LogP contribution < -0.4 is 26.6 Å². The molecule has 1 saturated heterocycles. The number of nitrogens with zero attached hydrogens (tertiary/aromatic N) is 1. The molecule has 0 bridgehead atoms. The fraction of sp³-hybridized carbons (Fsp3) is 0.284. The van der Waals surface area contributed by atoms with Gasteiger partial charge >= 0.3 is 72.3 Å². The Balaban J connectivity index is 0.478. The van der Waals surface area contributed by atoms with E-state index >= 15 is 0 Å². The van der Waals surface area contributed by atoms with E-state index in [0.29, 0.717) is 96.8 Å². The monoisotopic (exact) mass is 1830 g/mol. The second kappa shape index (κ2) is 52.3. The summed E-state index contributed by atoms with van der Waals surface area (Å²) < 4.78 is 63.4. The van der Waals surface area contributed by atoms with E-state index in [0.717, 1.165) is 73.7 Å². The molecule has 1 fully saturated rings. The topological polar surface area (TPSA) is 429 Å². The molecule has 6 N–H and O–H groups in total. The third kappa shape index (κ3) is 36.7. The Morgan fingerprint density at radius 2 is 0.649 bits per heavy atom. The van der Waals surface area contributed by atoms with Crippen LogP contribution in [0, 0.1) is 0 Å². The largest absolute Gasteiger partial charge is 0.478 e. The standard InChI is InChI=1S/C102H102N6O26/c1-102(96(116)117,134-101(122)108-88-35-15-29-76(60-88)53-73-24-10-30-83(55-73)103-68-109)67-132-99(120)106-86-33-11-25-74(56-86)47-71-18-8-20-79(51-71)61-92(112)124-38-4-5-39-128-97(118)104-84-31-12-27-77(57-84)54-78-28-13-32-85(58-78)105-98(119)129-43-41-123-40-42-125-90(110)36-2-3-37-91(111)133-100(121)107-87-34-14-26-75(59-87)48-72-19-9-22-81(52-72)63-94(114)127-45-44-126-93(113)62-80-21-6-16-69(49-80)46-70-17-7-23-82(50-70)64-95(115)131-66-89-65-130-89/h6-35,49-52,55-60,89H,2-5,36-48,53-54,61-67H2,1H3,(H,104,118)(H,105,119)(H,106,120)(H,107,121)(H,108,122)(H,116,117). The van der Waals surface area contributed by atoms with Crippen molar-refractivity contribution in [3.8, 4) is 0 Å². The number of isocyanates is 1. The minimum atomic E-state index is -2.27. The maximum Gasteiger partial charge on any atom is 0.419 e. The molecule has 32 nitrogen and oxygen atoms in total. The van der Waals surface area contributed by atoms with E-state index in [2.05, 4.69) is 31.6 Å². The van der Waals surface area contributed by atoms with E-state index in [1.54, 1.807) is 121 Å². The fourth-order valence-electron chi connectivity index (χ4n) is 13.8. The van der Waals surface area contributed by atoms with Crippen molar-refractivity contribution in [1.29, 1.82) is 0 Å². The van der Waals surface area contributed by atoms with E-state index in [1.165, 1.54) is 6.08 Å². The second-order valence-corrected chi connectivity index (χ2v) is 31.5. The first kappa shape index (κ1) is 98.9. The maximum atomic E-state index is 13.0. The molecule has 134 heavy (non-hydrogen) atoms. The van der Waals surface area contributed by atoms with Gasteiger partial charge in [0.1, 0.15) is 45.7 Å². The lowest BCUT2D eigenvalue weighted by atomic mass is 9.99. The lowest BCUT2D eigenvalue weighted by Crippen LogP contribution is -2.46. The number of unbranched alkanes of at least 4 members (excludes halogenated alkanes) is 2. The molecule has 0 aliphatic carbocycles. The summed E-state index contributed by atoms with van der Waals surface area (Å²) in [5, 5.41) is 23.1. The molecule has 1 aliphatic rings. The van der Waals surface area contributed by atoms with Crippen molar-refractivity contribution in [3.05, 3.63) is 321 Å². The predicted molar refractivity (Wildman–Crippen MR) is 490 cm³/mol. The molecule has 5 amide bonds. The number of benzene rings is 10. The van der Waals surface area contributed by atoms with Gasteiger partial charge in [0.2, 0.25) is 11.7 Å². The number of anilines is 5. The highest BCUT2D eigenvalue weighted by atomic mass is 16.6. The number of carboxylic acid groups (broad SMARTS) is 1. The summed E-state index contributed by atoms with van der Waals surface area (Å²) in [5.41, 5.74) is 11.9. The molecule has 11 rings (SSSR count). The lowest BCUT2D eigenvalue weighted by Gasteiger charge is -2.24. The Bertz CT molecular complexity index is 5810. The van der Waals surface area contributed by atoms with Gasteiger partial charge in [0.05, 0.1) is 64.4 Å². The van der Waals surface area contributed by atoms with Crippen LogP contribution in [-0.2, 0) is 153 Å². The van der Waals surface area contributed by atoms with Gasteiger partial charge in [-0.25, -0.2) is 33.6 Å². The van der Waals surface area contributed by atoms with Crippen molar-refractivity contribution in [2.75, 3.05) is 99.3 Å². The number of nitrogens with one attached hydrogen (secondary N) is 5. The first-order valence-electron chi connectivity index (χ1n) is 43.4. The Labute approximate surface area is 772 Å². The van der Waals surface area contributed by atoms with Crippen LogP contribution >= 0.6 is 0 Å². The average Bonchev–Trinajstić information content (AvgIpc) is 0.873. The SMILES string of the molecule is CC(COC(=O)Nc1cccc(Cc2cccc(CC(=O)OCCCCOC(=O)Nc3cccc(Cc4cccc(NC(=O)OCCOCCOC(=O)CCCCC(=O)OC(=O)Nc5cccc(Cc6cccc(CC(=O)OCCOC(=O)Cc7cccc(Cc8cccc(CC(=O)OCC9CO9)c8)c7)c6)c5)c4)c3)c2)c1)(OC(=O)Nc1cccc(Cc2cccc(N=C=O)c2)c1)C(=O)O. The summed E-state index contributed by atoms with van der Waals surface area (Å²) in [4.78, 5) is 166. The van der Waals surface area contributed by atoms with E-state index in [-0.39, 0.29) is 123 Å². The smallest absolute Gasteiger partial charge is 0.419 e. The molecule has 10 aromatic rings. The number of hydrogen-bond acceptors (Lipinski definition) is 26. The zero-order valence-electron chi connectivity index (χ0n) is 73.7. The number of aliphatic carboxylic acids is 1. The number of aliphatic imine (C=N–C) groups is 1. The fourth-order valence-corrected chi connectivity index (χ4v) is 13.8. The molecule has 2 atom stereocenters. The molecule has 0 saturated carbocycles. The van der Waals surface area contributed by atoms with Crippen molar-refractivity contribution in [2.45, 2.75) is 115 Å². The van der Waals surface area contributed by atoms with Crippen LogP contribution in [0.25, 0.3) is 0 Å². The first-order valence-corrected chi connectivity index (χ1v) is 43.4. The molecule has 0 aromatic heterocycles. The maximum absolute atomic E-state index is 13.0. The molecule has 2 unspecified atom stereocenters. The molecule has 1 aliphatic heterocycles. The van der Waals surface area contributed by atoms with Crippen LogP contribution in [0.2, 0.25) is 0 Å². The number of amides is 5. The number of rotatable bonds is 49. The molecular formula is C102H102N6O26. The summed E-state index contributed by atoms with van der Waals surface area (Å²) in [6.07, 6.45) is 0.859. The molecule has 0 radical (unpaired) electrons. The lowest BCUT2D eigenvalue weighted by molar-refractivity contribution is -0.160. The van der Waals surface area contributed by atoms with Crippen LogP contribution in [0.15, 0.2) is 248 Å². The van der Waals surface area contributed by atoms with Crippen molar-refractivity contribution in [2.24, 2.45) is 4.99 Å². The van der Waals surface area contributed by atoms with Gasteiger partial charge in [0, 0.05) is 41.3 Å². The highest BCUT2D eigenvalue weighted by molar-refractivity contribution is 5.93. The summed E-state index contributed by atoms with van der Waals surface area (Å²) >= 11 is 0. The second-order valence-electron chi connectivity index (χ2n) is 31.5. The van der Waals surface area contributed by atoms with Gasteiger partial charge in [-0.05, 0) is 215 Å². The van der Waals surface area contributed by atoms with E-state index < -0.39 is 78.5 Å². The normalized spacial score (nSPS) is 12.1. The summed E-state index contributed by atoms with van der Waals surface area (Å²) in [7, 11) is 0. The van der Waals surface area contributed by atoms with Gasteiger partial charge in [-0.1, -0.05) is 170 Å². The first-order chi connectivity index (χ1) is 64.9. The zero-order valence-corrected chi connectivity index (χ0v) is 73.7. The van der Waals surface area contributed by atoms with Crippen molar-refractivity contribution < 1.29 is 124 Å². The zero-order chi connectivity index (χ0) is 94.7. The third-order valence-corrected chi connectivity index (χ3v) is 20.2. The van der Waals surface area contributed by atoms with Gasteiger partial charge in [-0.2, -0.15) is 4.99 Å².